The quantitative estimate of drug-likeness (QED) is 0.720. The molecule has 3 rings (SSSR count). The number of benzene rings is 1. The Bertz CT molecular complexity index is 829. The highest BCUT2D eigenvalue weighted by Crippen LogP contribution is 2.27. The average molecular weight is 309 g/mol. The Morgan fingerprint density at radius 1 is 1.20 bits per heavy atom. The van der Waals surface area contributed by atoms with Gasteiger partial charge in [0.1, 0.15) is 11.5 Å². The van der Waals surface area contributed by atoms with E-state index in [0.29, 0.717) is 16.1 Å². The second kappa shape index (κ2) is 4.89. The van der Waals surface area contributed by atoms with E-state index in [1.54, 1.807) is 6.07 Å². The zero-order chi connectivity index (χ0) is 14.3. The summed E-state index contributed by atoms with van der Waals surface area (Å²) in [5.41, 5.74) is 0.699. The summed E-state index contributed by atoms with van der Waals surface area (Å²) in [6.07, 6.45) is 3.00. The van der Waals surface area contributed by atoms with Crippen LogP contribution in [0.15, 0.2) is 36.7 Å². The molecule has 0 radical (unpaired) electrons. The van der Waals surface area contributed by atoms with Crippen molar-refractivity contribution in [2.45, 2.75) is 0 Å². The number of halogens is 3. The van der Waals surface area contributed by atoms with Crippen LogP contribution in [0.25, 0.3) is 11.0 Å². The number of pyridine rings is 1. The second-order valence-electron chi connectivity index (χ2n) is 4.17. The van der Waals surface area contributed by atoms with Crippen molar-refractivity contribution in [2.24, 2.45) is 0 Å². The highest BCUT2D eigenvalue weighted by molar-refractivity contribution is 6.37. The Morgan fingerprint density at radius 2 is 2.00 bits per heavy atom. The van der Waals surface area contributed by atoms with Crippen LogP contribution >= 0.6 is 23.2 Å². The number of H-pyrrole nitrogens is 1. The number of hydrogen-bond acceptors (Lipinski definition) is 2. The highest BCUT2D eigenvalue weighted by Gasteiger charge is 2.19. The molecule has 0 atom stereocenters. The van der Waals surface area contributed by atoms with Crippen LogP contribution < -0.4 is 0 Å². The van der Waals surface area contributed by atoms with Gasteiger partial charge in [-0.1, -0.05) is 23.2 Å². The molecule has 0 aliphatic carbocycles. The molecule has 2 aromatic heterocycles. The molecular formula is C14H7Cl2FN2O. The molecule has 0 amide bonds. The van der Waals surface area contributed by atoms with E-state index in [1.807, 2.05) is 0 Å². The first kappa shape index (κ1) is 13.1. The summed E-state index contributed by atoms with van der Waals surface area (Å²) in [5, 5.41) is 1.10. The Balaban J connectivity index is 2.18. The van der Waals surface area contributed by atoms with E-state index in [-0.39, 0.29) is 16.1 Å². The fourth-order valence-electron chi connectivity index (χ4n) is 2.01. The zero-order valence-corrected chi connectivity index (χ0v) is 11.5. The lowest BCUT2D eigenvalue weighted by atomic mass is 10.0. The van der Waals surface area contributed by atoms with E-state index in [9.17, 15) is 9.18 Å². The summed E-state index contributed by atoms with van der Waals surface area (Å²) >= 11 is 11.8. The van der Waals surface area contributed by atoms with Gasteiger partial charge in [-0.2, -0.15) is 0 Å². The Labute approximate surface area is 123 Å². The van der Waals surface area contributed by atoms with Gasteiger partial charge in [0.25, 0.3) is 0 Å². The predicted octanol–water partition coefficient (Wildman–Crippen LogP) is 4.24. The van der Waals surface area contributed by atoms with E-state index >= 15 is 0 Å². The van der Waals surface area contributed by atoms with Crippen molar-refractivity contribution in [1.82, 2.24) is 9.97 Å². The maximum Gasteiger partial charge on any atom is 0.198 e. The molecule has 1 N–H and O–H groups in total. The lowest BCUT2D eigenvalue weighted by Crippen LogP contribution is -2.03. The summed E-state index contributed by atoms with van der Waals surface area (Å²) in [5.74, 6) is -1.14. The van der Waals surface area contributed by atoms with Crippen molar-refractivity contribution in [3.05, 3.63) is 63.6 Å². The van der Waals surface area contributed by atoms with Gasteiger partial charge in [-0.05, 0) is 24.3 Å². The third-order valence-electron chi connectivity index (χ3n) is 2.94. The van der Waals surface area contributed by atoms with Gasteiger partial charge in [-0.25, -0.2) is 9.37 Å². The number of carbonyl (C=O) groups excluding carboxylic acids is 1. The second-order valence-corrected chi connectivity index (χ2v) is 5.02. The third-order valence-corrected chi connectivity index (χ3v) is 3.49. The summed E-state index contributed by atoms with van der Waals surface area (Å²) in [6.45, 7) is 0. The van der Waals surface area contributed by atoms with Gasteiger partial charge in [0.2, 0.25) is 0 Å². The standard InChI is InChI=1S/C14H7Cl2FN2O/c15-7-1-2-8(11(17)5-7)13(20)9-6-19-14-12(9)10(16)3-4-18-14/h1-6H,(H,18,19). The first-order chi connectivity index (χ1) is 9.58. The van der Waals surface area contributed by atoms with Crippen molar-refractivity contribution in [1.29, 1.82) is 0 Å². The van der Waals surface area contributed by atoms with Crippen molar-refractivity contribution < 1.29 is 9.18 Å². The normalized spacial score (nSPS) is 10.9. The van der Waals surface area contributed by atoms with Gasteiger partial charge in [0, 0.05) is 22.8 Å². The molecule has 0 aliphatic heterocycles. The van der Waals surface area contributed by atoms with Crippen molar-refractivity contribution in [2.75, 3.05) is 0 Å². The molecule has 0 unspecified atom stereocenters. The fourth-order valence-corrected chi connectivity index (χ4v) is 2.42. The minimum Gasteiger partial charge on any atom is -0.345 e. The molecule has 3 nitrogen and oxygen atoms in total. The first-order valence-electron chi connectivity index (χ1n) is 5.69. The molecule has 6 heteroatoms. The number of aromatic nitrogens is 2. The smallest absolute Gasteiger partial charge is 0.198 e. The molecule has 1 aromatic carbocycles. The van der Waals surface area contributed by atoms with E-state index < -0.39 is 11.6 Å². The van der Waals surface area contributed by atoms with Gasteiger partial charge in [0.15, 0.2) is 5.78 Å². The van der Waals surface area contributed by atoms with Gasteiger partial charge in [0.05, 0.1) is 16.1 Å². The van der Waals surface area contributed by atoms with Crippen LogP contribution in [0.2, 0.25) is 10.0 Å². The van der Waals surface area contributed by atoms with Crippen LogP contribution in [-0.4, -0.2) is 15.8 Å². The molecular weight excluding hydrogens is 302 g/mol. The van der Waals surface area contributed by atoms with Crippen LogP contribution in [-0.2, 0) is 0 Å². The van der Waals surface area contributed by atoms with Crippen LogP contribution in [0.4, 0.5) is 4.39 Å². The number of nitrogens with one attached hydrogen (secondary N) is 1. The van der Waals surface area contributed by atoms with Crippen LogP contribution in [0, 0.1) is 5.82 Å². The maximum absolute atomic E-state index is 13.8. The Hall–Kier alpha value is -1.91. The largest absolute Gasteiger partial charge is 0.345 e. The number of nitrogens with zero attached hydrogens (tertiary/aromatic N) is 1. The predicted molar refractivity (Wildman–Crippen MR) is 75.9 cm³/mol. The molecule has 0 fully saturated rings. The minimum absolute atomic E-state index is 0.0600. The summed E-state index contributed by atoms with van der Waals surface area (Å²) < 4.78 is 13.8. The minimum atomic E-state index is -0.670. The fraction of sp³-hybridized carbons (Fsp3) is 0. The van der Waals surface area contributed by atoms with Crippen LogP contribution in [0.3, 0.4) is 0 Å². The van der Waals surface area contributed by atoms with E-state index in [2.05, 4.69) is 9.97 Å². The number of aromatic amines is 1. The molecule has 0 bridgehead atoms. The van der Waals surface area contributed by atoms with Gasteiger partial charge in [-0.3, -0.25) is 4.79 Å². The average Bonchev–Trinajstić information content (AvgIpc) is 2.83. The van der Waals surface area contributed by atoms with Gasteiger partial charge < -0.3 is 4.98 Å². The van der Waals surface area contributed by atoms with E-state index in [1.165, 1.54) is 24.5 Å². The molecule has 0 saturated heterocycles. The van der Waals surface area contributed by atoms with Crippen molar-refractivity contribution in [3.8, 4) is 0 Å². The zero-order valence-electron chi connectivity index (χ0n) is 9.95. The topological polar surface area (TPSA) is 45.8 Å². The van der Waals surface area contributed by atoms with Gasteiger partial charge >= 0.3 is 0 Å². The van der Waals surface area contributed by atoms with Gasteiger partial charge in [-0.15, -0.1) is 0 Å². The lowest BCUT2D eigenvalue weighted by Gasteiger charge is -2.03. The molecule has 0 saturated carbocycles. The number of carbonyl (C=O) groups is 1. The lowest BCUT2D eigenvalue weighted by molar-refractivity contribution is 0.103. The van der Waals surface area contributed by atoms with Crippen molar-refractivity contribution in [3.63, 3.8) is 0 Å². The highest BCUT2D eigenvalue weighted by atomic mass is 35.5. The molecule has 0 aliphatic rings. The van der Waals surface area contributed by atoms with E-state index in [0.717, 1.165) is 6.07 Å². The molecule has 0 spiro atoms. The molecule has 2 heterocycles. The number of ketones is 1. The van der Waals surface area contributed by atoms with Crippen LogP contribution in [0.1, 0.15) is 15.9 Å². The number of fused-ring (bicyclic) bond motifs is 1. The first-order valence-corrected chi connectivity index (χ1v) is 6.45. The summed E-state index contributed by atoms with van der Waals surface area (Å²) in [7, 11) is 0. The molecule has 3 aromatic rings. The van der Waals surface area contributed by atoms with Crippen LogP contribution in [0.5, 0.6) is 0 Å². The summed E-state index contributed by atoms with van der Waals surface area (Å²) in [6, 6.07) is 5.49. The molecule has 100 valence electrons. The molecule has 20 heavy (non-hydrogen) atoms. The van der Waals surface area contributed by atoms with E-state index in [4.69, 9.17) is 23.2 Å². The number of rotatable bonds is 2. The Kier molecular flexibility index (Phi) is 3.20. The monoisotopic (exact) mass is 308 g/mol. The van der Waals surface area contributed by atoms with Crippen molar-refractivity contribution >= 4 is 40.0 Å². The maximum atomic E-state index is 13.8. The Morgan fingerprint density at radius 3 is 2.75 bits per heavy atom. The number of hydrogen-bond donors (Lipinski definition) is 1. The SMILES string of the molecule is O=C(c1ccc(Cl)cc1F)c1c[nH]c2nccc(Cl)c12. The third kappa shape index (κ3) is 2.07. The summed E-state index contributed by atoms with van der Waals surface area (Å²) in [4.78, 5) is 19.3.